The Morgan fingerprint density at radius 3 is 2.16 bits per heavy atom. The molecule has 0 aromatic heterocycles. The van der Waals surface area contributed by atoms with Crippen LogP contribution >= 0.6 is 0 Å². The van der Waals surface area contributed by atoms with Crippen molar-refractivity contribution in [3.63, 3.8) is 0 Å². The molecule has 7 nitrogen and oxygen atoms in total. The van der Waals surface area contributed by atoms with Gasteiger partial charge in [-0.3, -0.25) is 0 Å². The first-order valence-corrected chi connectivity index (χ1v) is 7.59. The third kappa shape index (κ3) is 4.95. The van der Waals surface area contributed by atoms with Gasteiger partial charge in [-0.1, -0.05) is 29.8 Å². The van der Waals surface area contributed by atoms with Crippen LogP contribution in [0.5, 0.6) is 5.75 Å². The van der Waals surface area contributed by atoms with Gasteiger partial charge in [0.2, 0.25) is 0 Å². The highest BCUT2D eigenvalue weighted by atomic mass is 16.5. The predicted molar refractivity (Wildman–Crippen MR) is 92.7 cm³/mol. The average Bonchev–Trinajstić information content (AvgIpc) is 2.61. The van der Waals surface area contributed by atoms with Crippen LogP contribution < -0.4 is 15.4 Å². The molecule has 132 valence electrons. The molecule has 25 heavy (non-hydrogen) atoms. The molecule has 0 aliphatic heterocycles. The van der Waals surface area contributed by atoms with E-state index in [0.717, 1.165) is 5.56 Å². The van der Waals surface area contributed by atoms with Crippen molar-refractivity contribution in [2.24, 2.45) is 0 Å². The Morgan fingerprint density at radius 1 is 1.04 bits per heavy atom. The summed E-state index contributed by atoms with van der Waals surface area (Å²) in [6, 6.07) is 11.1. The fourth-order valence-corrected chi connectivity index (χ4v) is 2.21. The number of urea groups is 1. The molecule has 2 atom stereocenters. The van der Waals surface area contributed by atoms with Gasteiger partial charge >= 0.3 is 12.0 Å². The number of anilines is 1. The van der Waals surface area contributed by atoms with Gasteiger partial charge in [-0.15, -0.1) is 0 Å². The third-order valence-electron chi connectivity index (χ3n) is 3.64. The number of carboxylic acids is 1. The second-order valence-electron chi connectivity index (χ2n) is 5.50. The Labute approximate surface area is 145 Å². The van der Waals surface area contributed by atoms with Crippen molar-refractivity contribution in [1.29, 1.82) is 0 Å². The maximum absolute atomic E-state index is 12.0. The highest BCUT2D eigenvalue weighted by molar-refractivity contribution is 5.92. The number of carboxylic acid groups (broad SMARTS) is 1. The van der Waals surface area contributed by atoms with E-state index in [2.05, 4.69) is 10.6 Å². The quantitative estimate of drug-likeness (QED) is 0.643. The molecule has 2 aromatic carbocycles. The molecule has 0 fully saturated rings. The van der Waals surface area contributed by atoms with Gasteiger partial charge < -0.3 is 25.6 Å². The number of methoxy groups -OCH3 is 1. The summed E-state index contributed by atoms with van der Waals surface area (Å²) in [5, 5.41) is 24.4. The van der Waals surface area contributed by atoms with E-state index in [-0.39, 0.29) is 0 Å². The van der Waals surface area contributed by atoms with Crippen LogP contribution in [0.4, 0.5) is 10.5 Å². The maximum Gasteiger partial charge on any atom is 0.329 e. The Hall–Kier alpha value is -3.06. The molecular formula is C18H20N2O5. The minimum Gasteiger partial charge on any atom is -0.497 e. The second kappa shape index (κ2) is 8.16. The molecule has 4 N–H and O–H groups in total. The SMILES string of the molecule is COc1ccc(C(O)C(NC(=O)Nc2ccc(C)cc2)C(=O)O)cc1. The molecule has 2 rings (SSSR count). The monoisotopic (exact) mass is 344 g/mol. The van der Waals surface area contributed by atoms with E-state index in [0.29, 0.717) is 17.0 Å². The van der Waals surface area contributed by atoms with Gasteiger partial charge in [-0.2, -0.15) is 0 Å². The third-order valence-corrected chi connectivity index (χ3v) is 3.64. The van der Waals surface area contributed by atoms with Crippen LogP contribution in [-0.4, -0.2) is 35.4 Å². The van der Waals surface area contributed by atoms with E-state index in [1.165, 1.54) is 7.11 Å². The summed E-state index contributed by atoms with van der Waals surface area (Å²) >= 11 is 0. The van der Waals surface area contributed by atoms with Crippen molar-refractivity contribution >= 4 is 17.7 Å². The lowest BCUT2D eigenvalue weighted by molar-refractivity contribution is -0.142. The lowest BCUT2D eigenvalue weighted by atomic mass is 10.0. The van der Waals surface area contributed by atoms with Crippen molar-refractivity contribution in [2.45, 2.75) is 19.1 Å². The number of nitrogens with one attached hydrogen (secondary N) is 2. The number of rotatable bonds is 6. The van der Waals surface area contributed by atoms with Crippen LogP contribution in [-0.2, 0) is 4.79 Å². The number of carbonyl (C=O) groups is 2. The van der Waals surface area contributed by atoms with Gasteiger partial charge in [-0.25, -0.2) is 9.59 Å². The highest BCUT2D eigenvalue weighted by Gasteiger charge is 2.29. The molecule has 7 heteroatoms. The zero-order valence-electron chi connectivity index (χ0n) is 13.9. The number of aliphatic hydroxyl groups is 1. The average molecular weight is 344 g/mol. The number of ether oxygens (including phenoxy) is 1. The Balaban J connectivity index is 2.07. The predicted octanol–water partition coefficient (Wildman–Crippen LogP) is 2.31. The summed E-state index contributed by atoms with van der Waals surface area (Å²) in [5.74, 6) is -0.768. The van der Waals surface area contributed by atoms with E-state index < -0.39 is 24.1 Å². The van der Waals surface area contributed by atoms with E-state index in [4.69, 9.17) is 4.74 Å². The fourth-order valence-electron chi connectivity index (χ4n) is 2.21. The molecule has 2 amide bonds. The summed E-state index contributed by atoms with van der Waals surface area (Å²) in [4.78, 5) is 23.5. The summed E-state index contributed by atoms with van der Waals surface area (Å²) in [5.41, 5.74) is 1.90. The topological polar surface area (TPSA) is 108 Å². The smallest absolute Gasteiger partial charge is 0.329 e. The van der Waals surface area contributed by atoms with Crippen molar-refractivity contribution in [1.82, 2.24) is 5.32 Å². The van der Waals surface area contributed by atoms with Gasteiger partial charge in [0.1, 0.15) is 11.9 Å². The van der Waals surface area contributed by atoms with E-state index in [1.807, 2.05) is 19.1 Å². The summed E-state index contributed by atoms with van der Waals surface area (Å²) in [6.45, 7) is 1.91. The number of benzene rings is 2. The van der Waals surface area contributed by atoms with Crippen molar-refractivity contribution in [3.8, 4) is 5.75 Å². The molecule has 0 spiro atoms. The van der Waals surface area contributed by atoms with Crippen LogP contribution in [0.1, 0.15) is 17.2 Å². The van der Waals surface area contributed by atoms with Gasteiger partial charge in [-0.05, 0) is 36.8 Å². The number of hydrogen-bond donors (Lipinski definition) is 4. The number of aliphatic hydroxyl groups excluding tert-OH is 1. The minimum absolute atomic E-state index is 0.351. The normalized spacial score (nSPS) is 12.8. The van der Waals surface area contributed by atoms with Crippen molar-refractivity contribution in [3.05, 3.63) is 59.7 Å². The summed E-state index contributed by atoms with van der Waals surface area (Å²) in [7, 11) is 1.50. The van der Waals surface area contributed by atoms with Crippen LogP contribution in [0.2, 0.25) is 0 Å². The van der Waals surface area contributed by atoms with Crippen LogP contribution in [0.15, 0.2) is 48.5 Å². The number of aliphatic carboxylic acids is 1. The van der Waals surface area contributed by atoms with Crippen LogP contribution in [0.25, 0.3) is 0 Å². The number of carbonyl (C=O) groups excluding carboxylic acids is 1. The van der Waals surface area contributed by atoms with Crippen molar-refractivity contribution < 1.29 is 24.5 Å². The second-order valence-corrected chi connectivity index (χ2v) is 5.50. The molecule has 2 unspecified atom stereocenters. The minimum atomic E-state index is -1.50. The van der Waals surface area contributed by atoms with Gasteiger partial charge in [0.15, 0.2) is 6.04 Å². The fraction of sp³-hybridized carbons (Fsp3) is 0.222. The number of hydrogen-bond acceptors (Lipinski definition) is 4. The number of amides is 2. The first-order valence-electron chi connectivity index (χ1n) is 7.59. The Kier molecular flexibility index (Phi) is 5.97. The van der Waals surface area contributed by atoms with Gasteiger partial charge in [0.05, 0.1) is 7.11 Å². The Morgan fingerprint density at radius 2 is 1.64 bits per heavy atom. The molecule has 0 heterocycles. The molecule has 0 aliphatic rings. The zero-order valence-corrected chi connectivity index (χ0v) is 13.9. The largest absolute Gasteiger partial charge is 0.497 e. The molecule has 0 aliphatic carbocycles. The first kappa shape index (κ1) is 18.3. The van der Waals surface area contributed by atoms with Crippen LogP contribution in [0.3, 0.4) is 0 Å². The van der Waals surface area contributed by atoms with E-state index >= 15 is 0 Å². The zero-order chi connectivity index (χ0) is 18.4. The van der Waals surface area contributed by atoms with Crippen LogP contribution in [0, 0.1) is 6.92 Å². The standard InChI is InChI=1S/C18H20N2O5/c1-11-3-7-13(8-4-11)19-18(24)20-15(17(22)23)16(21)12-5-9-14(25-2)10-6-12/h3-10,15-16,21H,1-2H3,(H,22,23)(H2,19,20,24). The highest BCUT2D eigenvalue weighted by Crippen LogP contribution is 2.21. The Bertz CT molecular complexity index is 728. The first-order chi connectivity index (χ1) is 11.9. The molecular weight excluding hydrogens is 324 g/mol. The molecule has 0 saturated heterocycles. The molecule has 0 bridgehead atoms. The van der Waals surface area contributed by atoms with Gasteiger partial charge in [0, 0.05) is 5.69 Å². The summed E-state index contributed by atoms with van der Waals surface area (Å²) < 4.78 is 5.02. The number of aryl methyl sites for hydroxylation is 1. The van der Waals surface area contributed by atoms with Gasteiger partial charge in [0.25, 0.3) is 0 Å². The lowest BCUT2D eigenvalue weighted by Crippen LogP contribution is -2.46. The lowest BCUT2D eigenvalue weighted by Gasteiger charge is -2.21. The summed E-state index contributed by atoms with van der Waals surface area (Å²) in [6.07, 6.45) is -1.41. The molecule has 2 aromatic rings. The van der Waals surface area contributed by atoms with Crippen molar-refractivity contribution in [2.75, 3.05) is 12.4 Å². The van der Waals surface area contributed by atoms with E-state index in [1.54, 1.807) is 36.4 Å². The maximum atomic E-state index is 12.0. The van der Waals surface area contributed by atoms with E-state index in [9.17, 15) is 19.8 Å². The molecule has 0 saturated carbocycles. The molecule has 0 radical (unpaired) electrons.